The van der Waals surface area contributed by atoms with E-state index in [0.717, 1.165) is 24.5 Å². The van der Waals surface area contributed by atoms with Gasteiger partial charge in [0.15, 0.2) is 5.76 Å². The van der Waals surface area contributed by atoms with E-state index in [1.165, 1.54) is 24.0 Å². The number of benzene rings is 1. The highest BCUT2D eigenvalue weighted by Crippen LogP contribution is 2.33. The molecule has 1 atom stereocenters. The number of aromatic nitrogens is 1. The molecule has 0 unspecified atom stereocenters. The van der Waals surface area contributed by atoms with Crippen molar-refractivity contribution in [3.63, 3.8) is 0 Å². The van der Waals surface area contributed by atoms with Crippen molar-refractivity contribution in [2.75, 3.05) is 6.54 Å². The number of likely N-dealkylation sites (tertiary alicyclic amines) is 1. The van der Waals surface area contributed by atoms with Gasteiger partial charge in [-0.3, -0.25) is 4.90 Å². The van der Waals surface area contributed by atoms with E-state index in [1.54, 1.807) is 0 Å². The van der Waals surface area contributed by atoms with E-state index >= 15 is 0 Å². The van der Waals surface area contributed by atoms with Crippen LogP contribution in [-0.2, 0) is 6.54 Å². The third-order valence-corrected chi connectivity index (χ3v) is 3.81. The van der Waals surface area contributed by atoms with Crippen molar-refractivity contribution in [2.45, 2.75) is 39.3 Å². The van der Waals surface area contributed by atoms with E-state index < -0.39 is 0 Å². The average molecular weight is 256 g/mol. The lowest BCUT2D eigenvalue weighted by atomic mass is 10.1. The fourth-order valence-electron chi connectivity index (χ4n) is 2.92. The first-order valence-electron chi connectivity index (χ1n) is 6.95. The molecule has 1 aromatic carbocycles. The summed E-state index contributed by atoms with van der Waals surface area (Å²) < 4.78 is 5.45. The second kappa shape index (κ2) is 5.17. The molecule has 1 aromatic heterocycles. The van der Waals surface area contributed by atoms with Crippen LogP contribution in [0.5, 0.6) is 0 Å². The van der Waals surface area contributed by atoms with E-state index in [-0.39, 0.29) is 0 Å². The summed E-state index contributed by atoms with van der Waals surface area (Å²) in [5.41, 5.74) is 3.67. The average Bonchev–Trinajstić information content (AvgIpc) is 2.98. The quantitative estimate of drug-likeness (QED) is 0.839. The molecule has 1 aliphatic heterocycles. The molecule has 0 N–H and O–H groups in total. The Labute approximate surface area is 114 Å². The van der Waals surface area contributed by atoms with Gasteiger partial charge >= 0.3 is 0 Å². The van der Waals surface area contributed by atoms with Gasteiger partial charge in [-0.1, -0.05) is 35.0 Å². The fourth-order valence-corrected chi connectivity index (χ4v) is 2.92. The molecule has 19 heavy (non-hydrogen) atoms. The Morgan fingerprint density at radius 2 is 2.21 bits per heavy atom. The van der Waals surface area contributed by atoms with Gasteiger partial charge < -0.3 is 4.52 Å². The van der Waals surface area contributed by atoms with Crippen molar-refractivity contribution >= 4 is 0 Å². The normalized spacial score (nSPS) is 20.0. The van der Waals surface area contributed by atoms with Crippen LogP contribution in [0.3, 0.4) is 0 Å². The van der Waals surface area contributed by atoms with Gasteiger partial charge in [0.2, 0.25) is 0 Å². The summed E-state index contributed by atoms with van der Waals surface area (Å²) in [6.45, 7) is 6.25. The molecule has 1 saturated heterocycles. The summed E-state index contributed by atoms with van der Waals surface area (Å²) in [4.78, 5) is 2.49. The summed E-state index contributed by atoms with van der Waals surface area (Å²) in [7, 11) is 0. The second-order valence-electron chi connectivity index (χ2n) is 5.49. The van der Waals surface area contributed by atoms with Gasteiger partial charge in [-0.05, 0) is 38.8 Å². The van der Waals surface area contributed by atoms with Gasteiger partial charge in [0.1, 0.15) is 0 Å². The SMILES string of the molecule is Cc1cccc(CN2CCC[C@H]2c2cc(C)no2)c1. The first-order valence-corrected chi connectivity index (χ1v) is 6.95. The standard InChI is InChI=1S/C16H20N2O/c1-12-5-3-6-14(9-12)11-18-8-4-7-15(18)16-10-13(2)17-19-16/h3,5-6,9-10,15H,4,7-8,11H2,1-2H3/t15-/m0/s1. The molecule has 0 radical (unpaired) electrons. The number of rotatable bonds is 3. The number of hydrogen-bond donors (Lipinski definition) is 0. The maximum absolute atomic E-state index is 5.45. The zero-order chi connectivity index (χ0) is 13.2. The molecule has 0 aliphatic carbocycles. The van der Waals surface area contributed by atoms with Crippen molar-refractivity contribution in [3.8, 4) is 0 Å². The molecule has 3 heteroatoms. The second-order valence-corrected chi connectivity index (χ2v) is 5.49. The van der Waals surface area contributed by atoms with Crippen LogP contribution in [0.15, 0.2) is 34.9 Å². The minimum absolute atomic E-state index is 0.390. The van der Waals surface area contributed by atoms with E-state index in [9.17, 15) is 0 Å². The van der Waals surface area contributed by atoms with Crippen LogP contribution in [0.25, 0.3) is 0 Å². The minimum Gasteiger partial charge on any atom is -0.359 e. The predicted octanol–water partition coefficient (Wildman–Crippen LogP) is 3.63. The summed E-state index contributed by atoms with van der Waals surface area (Å²) in [6.07, 6.45) is 2.40. The van der Waals surface area contributed by atoms with Crippen LogP contribution in [0.1, 0.15) is 41.5 Å². The Bertz CT molecular complexity index is 561. The minimum atomic E-state index is 0.390. The molecule has 3 rings (SSSR count). The largest absolute Gasteiger partial charge is 0.359 e. The van der Waals surface area contributed by atoms with Crippen molar-refractivity contribution in [3.05, 3.63) is 52.9 Å². The lowest BCUT2D eigenvalue weighted by Crippen LogP contribution is -2.22. The first-order chi connectivity index (χ1) is 9.22. The van der Waals surface area contributed by atoms with Gasteiger partial charge in [-0.15, -0.1) is 0 Å². The fraction of sp³-hybridized carbons (Fsp3) is 0.438. The van der Waals surface area contributed by atoms with E-state index in [2.05, 4.69) is 47.3 Å². The van der Waals surface area contributed by atoms with Crippen LogP contribution in [0.2, 0.25) is 0 Å². The predicted molar refractivity (Wildman–Crippen MR) is 74.8 cm³/mol. The zero-order valence-corrected chi connectivity index (χ0v) is 11.6. The Balaban J connectivity index is 1.76. The molecular formula is C16H20N2O. The van der Waals surface area contributed by atoms with Crippen LogP contribution in [0, 0.1) is 13.8 Å². The van der Waals surface area contributed by atoms with E-state index in [1.807, 2.05) is 6.92 Å². The van der Waals surface area contributed by atoms with E-state index in [4.69, 9.17) is 4.52 Å². The monoisotopic (exact) mass is 256 g/mol. The Hall–Kier alpha value is -1.61. The molecule has 1 fully saturated rings. The highest BCUT2D eigenvalue weighted by molar-refractivity contribution is 5.22. The smallest absolute Gasteiger partial charge is 0.154 e. The van der Waals surface area contributed by atoms with Crippen LogP contribution >= 0.6 is 0 Å². The van der Waals surface area contributed by atoms with E-state index in [0.29, 0.717) is 6.04 Å². The van der Waals surface area contributed by atoms with Gasteiger partial charge in [-0.2, -0.15) is 0 Å². The molecule has 0 saturated carbocycles. The Kier molecular flexibility index (Phi) is 3.38. The Morgan fingerprint density at radius 3 is 2.95 bits per heavy atom. The van der Waals surface area contributed by atoms with Crippen molar-refractivity contribution < 1.29 is 4.52 Å². The third kappa shape index (κ3) is 2.71. The topological polar surface area (TPSA) is 29.3 Å². The molecule has 0 spiro atoms. The van der Waals surface area contributed by atoms with Crippen molar-refractivity contribution in [1.29, 1.82) is 0 Å². The number of nitrogens with zero attached hydrogens (tertiary/aromatic N) is 2. The molecule has 0 amide bonds. The number of hydrogen-bond acceptors (Lipinski definition) is 3. The molecular weight excluding hydrogens is 236 g/mol. The van der Waals surface area contributed by atoms with Crippen molar-refractivity contribution in [1.82, 2.24) is 10.1 Å². The summed E-state index contributed by atoms with van der Waals surface area (Å²) in [6, 6.07) is 11.2. The van der Waals surface area contributed by atoms with Gasteiger partial charge in [0.25, 0.3) is 0 Å². The maximum Gasteiger partial charge on any atom is 0.154 e. The molecule has 3 nitrogen and oxygen atoms in total. The highest BCUT2D eigenvalue weighted by atomic mass is 16.5. The third-order valence-electron chi connectivity index (χ3n) is 3.81. The molecule has 1 aliphatic rings. The highest BCUT2D eigenvalue weighted by Gasteiger charge is 2.28. The Morgan fingerprint density at radius 1 is 1.32 bits per heavy atom. The van der Waals surface area contributed by atoms with Gasteiger partial charge in [0.05, 0.1) is 11.7 Å². The molecule has 100 valence electrons. The first kappa shape index (κ1) is 12.4. The van der Waals surface area contributed by atoms with Gasteiger partial charge in [-0.25, -0.2) is 0 Å². The number of aryl methyl sites for hydroxylation is 2. The summed E-state index contributed by atoms with van der Waals surface area (Å²) >= 11 is 0. The van der Waals surface area contributed by atoms with Gasteiger partial charge in [0, 0.05) is 12.6 Å². The summed E-state index contributed by atoms with van der Waals surface area (Å²) in [5.74, 6) is 1.02. The lowest BCUT2D eigenvalue weighted by Gasteiger charge is -2.22. The van der Waals surface area contributed by atoms with Crippen LogP contribution in [0.4, 0.5) is 0 Å². The lowest BCUT2D eigenvalue weighted by molar-refractivity contribution is 0.206. The molecule has 2 heterocycles. The zero-order valence-electron chi connectivity index (χ0n) is 11.6. The summed E-state index contributed by atoms with van der Waals surface area (Å²) in [5, 5.41) is 4.02. The van der Waals surface area contributed by atoms with Crippen LogP contribution in [-0.4, -0.2) is 16.6 Å². The molecule has 0 bridgehead atoms. The molecule has 2 aromatic rings. The van der Waals surface area contributed by atoms with Crippen LogP contribution < -0.4 is 0 Å². The van der Waals surface area contributed by atoms with Crippen molar-refractivity contribution in [2.24, 2.45) is 0 Å². The maximum atomic E-state index is 5.45.